The molecule has 0 spiro atoms. The van der Waals surface area contributed by atoms with Crippen molar-refractivity contribution in [3.63, 3.8) is 0 Å². The summed E-state index contributed by atoms with van der Waals surface area (Å²) in [5, 5.41) is 21.8. The second-order valence-corrected chi connectivity index (χ2v) is 6.01. The molecule has 10 nitrogen and oxygen atoms in total. The zero-order chi connectivity index (χ0) is 19.6. The van der Waals surface area contributed by atoms with Crippen LogP contribution in [0.1, 0.15) is 16.2 Å². The van der Waals surface area contributed by atoms with Crippen molar-refractivity contribution in [2.45, 2.75) is 13.7 Å². The number of nitro groups is 1. The average Bonchev–Trinajstić information content (AvgIpc) is 3.23. The van der Waals surface area contributed by atoms with Gasteiger partial charge in [0, 0.05) is 25.4 Å². The third-order valence-electron chi connectivity index (χ3n) is 3.84. The van der Waals surface area contributed by atoms with Crippen LogP contribution in [0, 0.1) is 17.0 Å². The lowest BCUT2D eigenvalue weighted by atomic mass is 10.3. The van der Waals surface area contributed by atoms with Crippen LogP contribution < -0.4 is 10.1 Å². The van der Waals surface area contributed by atoms with Gasteiger partial charge in [-0.1, -0.05) is 11.6 Å². The number of nitro benzene ring substituents is 1. The third kappa shape index (κ3) is 4.06. The zero-order valence-electron chi connectivity index (χ0n) is 14.4. The first-order valence-corrected chi connectivity index (χ1v) is 8.13. The Hall–Kier alpha value is -3.40. The molecule has 0 radical (unpaired) electrons. The van der Waals surface area contributed by atoms with Crippen LogP contribution in [0.4, 0.5) is 11.4 Å². The van der Waals surface area contributed by atoms with Gasteiger partial charge in [-0.25, -0.2) is 4.68 Å². The van der Waals surface area contributed by atoms with E-state index >= 15 is 0 Å². The Bertz CT molecular complexity index is 1010. The molecule has 2 aromatic heterocycles. The molecule has 0 atom stereocenters. The summed E-state index contributed by atoms with van der Waals surface area (Å²) in [5.41, 5.74) is 1.50. The van der Waals surface area contributed by atoms with Crippen LogP contribution in [-0.2, 0) is 13.8 Å². The minimum absolute atomic E-state index is 0.0171. The van der Waals surface area contributed by atoms with Gasteiger partial charge < -0.3 is 10.1 Å². The molecule has 11 heteroatoms. The number of ether oxygens (including phenoxy) is 1. The maximum Gasteiger partial charge on any atom is 0.276 e. The van der Waals surface area contributed by atoms with E-state index in [1.165, 1.54) is 22.9 Å². The Kier molecular flexibility index (Phi) is 5.08. The predicted molar refractivity (Wildman–Crippen MR) is 96.9 cm³/mol. The molecule has 0 saturated heterocycles. The summed E-state index contributed by atoms with van der Waals surface area (Å²) < 4.78 is 8.55. The third-order valence-corrected chi connectivity index (χ3v) is 4.13. The van der Waals surface area contributed by atoms with E-state index in [2.05, 4.69) is 15.5 Å². The van der Waals surface area contributed by atoms with E-state index in [1.54, 1.807) is 30.2 Å². The number of anilines is 1. The number of amides is 1. The van der Waals surface area contributed by atoms with Gasteiger partial charge in [0.05, 0.1) is 27.5 Å². The van der Waals surface area contributed by atoms with Crippen molar-refractivity contribution in [2.75, 3.05) is 5.32 Å². The molecule has 2 heterocycles. The lowest BCUT2D eigenvalue weighted by Crippen LogP contribution is -2.14. The largest absolute Gasteiger partial charge is 0.470 e. The van der Waals surface area contributed by atoms with Crippen LogP contribution in [-0.4, -0.2) is 30.4 Å². The minimum Gasteiger partial charge on any atom is -0.470 e. The normalized spacial score (nSPS) is 10.6. The first-order valence-electron chi connectivity index (χ1n) is 7.75. The van der Waals surface area contributed by atoms with Gasteiger partial charge in [0.1, 0.15) is 5.75 Å². The Labute approximate surface area is 158 Å². The van der Waals surface area contributed by atoms with Crippen molar-refractivity contribution in [1.82, 2.24) is 19.6 Å². The first kappa shape index (κ1) is 18.4. The number of non-ortho nitro benzene ring substituents is 1. The van der Waals surface area contributed by atoms with E-state index in [9.17, 15) is 14.9 Å². The van der Waals surface area contributed by atoms with Gasteiger partial charge >= 0.3 is 0 Å². The highest BCUT2D eigenvalue weighted by molar-refractivity contribution is 6.32. The molecule has 0 unspecified atom stereocenters. The molecule has 0 fully saturated rings. The summed E-state index contributed by atoms with van der Waals surface area (Å²) >= 11 is 5.97. The molecule has 1 aromatic carbocycles. The highest BCUT2D eigenvalue weighted by Crippen LogP contribution is 2.28. The molecule has 0 aliphatic heterocycles. The van der Waals surface area contributed by atoms with Gasteiger partial charge in [0.2, 0.25) is 0 Å². The van der Waals surface area contributed by atoms with Crippen molar-refractivity contribution in [3.05, 3.63) is 63.2 Å². The van der Waals surface area contributed by atoms with Crippen LogP contribution in [0.2, 0.25) is 5.02 Å². The topological polar surface area (TPSA) is 117 Å². The number of carbonyl (C=O) groups excluding carboxylic acids is 1. The van der Waals surface area contributed by atoms with E-state index < -0.39 is 4.92 Å². The van der Waals surface area contributed by atoms with Crippen LogP contribution in [0.15, 0.2) is 36.7 Å². The summed E-state index contributed by atoms with van der Waals surface area (Å²) in [6, 6.07) is 5.44. The number of aromatic nitrogens is 4. The van der Waals surface area contributed by atoms with Crippen molar-refractivity contribution in [2.24, 2.45) is 7.05 Å². The van der Waals surface area contributed by atoms with Gasteiger partial charge in [0.25, 0.3) is 11.6 Å². The van der Waals surface area contributed by atoms with Crippen LogP contribution in [0.25, 0.3) is 0 Å². The molecule has 3 rings (SSSR count). The van der Waals surface area contributed by atoms with E-state index in [0.29, 0.717) is 5.69 Å². The molecule has 3 aromatic rings. The number of hydrogen-bond acceptors (Lipinski definition) is 6. The summed E-state index contributed by atoms with van der Waals surface area (Å²) in [4.78, 5) is 22.4. The number of benzene rings is 1. The van der Waals surface area contributed by atoms with Crippen molar-refractivity contribution in [3.8, 4) is 5.75 Å². The number of nitrogens with zero attached hydrogens (tertiary/aromatic N) is 5. The standard InChI is InChI=1S/C16H15ClN6O4/c1-10-14(8-18-21(10)2)19-16(24)13-5-6-22(20-13)9-27-15-4-3-11(23(25)26)7-12(15)17/h3-8H,9H2,1-2H3,(H,19,24). The monoisotopic (exact) mass is 390 g/mol. The molecule has 140 valence electrons. The Morgan fingerprint density at radius 3 is 2.81 bits per heavy atom. The van der Waals surface area contributed by atoms with E-state index in [0.717, 1.165) is 5.69 Å². The number of hydrogen-bond donors (Lipinski definition) is 1. The van der Waals surface area contributed by atoms with E-state index in [1.807, 2.05) is 6.92 Å². The molecular formula is C16H15ClN6O4. The van der Waals surface area contributed by atoms with Gasteiger partial charge in [-0.3, -0.25) is 19.6 Å². The summed E-state index contributed by atoms with van der Waals surface area (Å²) in [5.74, 6) is -0.104. The first-order chi connectivity index (χ1) is 12.8. The fraction of sp³-hybridized carbons (Fsp3) is 0.188. The molecule has 27 heavy (non-hydrogen) atoms. The van der Waals surface area contributed by atoms with E-state index in [4.69, 9.17) is 16.3 Å². The van der Waals surface area contributed by atoms with Gasteiger partial charge in [0.15, 0.2) is 12.4 Å². The quantitative estimate of drug-likeness (QED) is 0.510. The smallest absolute Gasteiger partial charge is 0.276 e. The SMILES string of the molecule is Cc1c(NC(=O)c2ccn(COc3ccc([N+](=O)[O-])cc3Cl)n2)cnn1C. The predicted octanol–water partition coefficient (Wildman–Crippen LogP) is 2.78. The second-order valence-electron chi connectivity index (χ2n) is 5.61. The Morgan fingerprint density at radius 1 is 1.41 bits per heavy atom. The number of carbonyl (C=O) groups is 1. The lowest BCUT2D eigenvalue weighted by molar-refractivity contribution is -0.384. The lowest BCUT2D eigenvalue weighted by Gasteiger charge is -2.07. The fourth-order valence-electron chi connectivity index (χ4n) is 2.22. The number of rotatable bonds is 6. The molecular weight excluding hydrogens is 376 g/mol. The Morgan fingerprint density at radius 2 is 2.19 bits per heavy atom. The summed E-state index contributed by atoms with van der Waals surface area (Å²) in [6.45, 7) is 1.82. The van der Waals surface area contributed by atoms with E-state index in [-0.39, 0.29) is 34.8 Å². The minimum atomic E-state index is -0.544. The molecule has 1 amide bonds. The Balaban J connectivity index is 1.63. The maximum absolute atomic E-state index is 12.3. The number of nitrogens with one attached hydrogen (secondary N) is 1. The zero-order valence-corrected chi connectivity index (χ0v) is 15.2. The summed E-state index contributed by atoms with van der Waals surface area (Å²) in [6.07, 6.45) is 3.13. The average molecular weight is 391 g/mol. The fourth-order valence-corrected chi connectivity index (χ4v) is 2.45. The molecule has 0 bridgehead atoms. The molecule has 1 N–H and O–H groups in total. The van der Waals surface area contributed by atoms with Crippen molar-refractivity contribution >= 4 is 28.9 Å². The highest BCUT2D eigenvalue weighted by Gasteiger charge is 2.14. The van der Waals surface area contributed by atoms with Gasteiger partial charge in [-0.05, 0) is 19.1 Å². The number of aryl methyl sites for hydroxylation is 1. The molecule has 0 aliphatic carbocycles. The van der Waals surface area contributed by atoms with Crippen LogP contribution in [0.3, 0.4) is 0 Å². The van der Waals surface area contributed by atoms with Crippen LogP contribution in [0.5, 0.6) is 5.75 Å². The van der Waals surface area contributed by atoms with Crippen molar-refractivity contribution < 1.29 is 14.5 Å². The highest BCUT2D eigenvalue weighted by atomic mass is 35.5. The van der Waals surface area contributed by atoms with Gasteiger partial charge in [-0.2, -0.15) is 10.2 Å². The van der Waals surface area contributed by atoms with Gasteiger partial charge in [-0.15, -0.1) is 0 Å². The van der Waals surface area contributed by atoms with Crippen molar-refractivity contribution in [1.29, 1.82) is 0 Å². The molecule has 0 saturated carbocycles. The van der Waals surface area contributed by atoms with Crippen LogP contribution >= 0.6 is 11.6 Å². The maximum atomic E-state index is 12.3. The number of halogens is 1. The summed E-state index contributed by atoms with van der Waals surface area (Å²) in [7, 11) is 1.78. The second kappa shape index (κ2) is 7.46. The molecule has 0 aliphatic rings.